The van der Waals surface area contributed by atoms with Crippen molar-refractivity contribution in [2.45, 2.75) is 31.6 Å². The van der Waals surface area contributed by atoms with Crippen molar-refractivity contribution in [1.29, 1.82) is 0 Å². The van der Waals surface area contributed by atoms with Crippen molar-refractivity contribution in [2.24, 2.45) is 5.41 Å². The van der Waals surface area contributed by atoms with Crippen LogP contribution < -0.4 is 0 Å². The predicted octanol–water partition coefficient (Wildman–Crippen LogP) is 2.36. The Bertz CT molecular complexity index is 712. The van der Waals surface area contributed by atoms with Gasteiger partial charge >= 0.3 is 0 Å². The minimum atomic E-state index is -3.07. The van der Waals surface area contributed by atoms with E-state index in [1.807, 2.05) is 6.07 Å². The molecular formula is C17H22FNO3S. The molecule has 1 aromatic carbocycles. The number of likely N-dealkylation sites (tertiary alicyclic amines) is 1. The van der Waals surface area contributed by atoms with E-state index in [4.69, 9.17) is 0 Å². The van der Waals surface area contributed by atoms with Crippen molar-refractivity contribution < 1.29 is 17.6 Å². The lowest BCUT2D eigenvalue weighted by atomic mass is 9.98. The van der Waals surface area contributed by atoms with Crippen LogP contribution in [0.25, 0.3) is 0 Å². The lowest BCUT2D eigenvalue weighted by Crippen LogP contribution is -2.32. The van der Waals surface area contributed by atoms with Crippen molar-refractivity contribution in [3.63, 3.8) is 0 Å². The number of carbonyl (C=O) groups is 1. The average molecular weight is 339 g/mol. The highest BCUT2D eigenvalue weighted by atomic mass is 32.2. The van der Waals surface area contributed by atoms with Gasteiger partial charge in [0.15, 0.2) is 0 Å². The van der Waals surface area contributed by atoms with Gasteiger partial charge in [-0.3, -0.25) is 4.79 Å². The monoisotopic (exact) mass is 339 g/mol. The van der Waals surface area contributed by atoms with Crippen LogP contribution in [0.4, 0.5) is 4.39 Å². The Morgan fingerprint density at radius 3 is 2.65 bits per heavy atom. The summed E-state index contributed by atoms with van der Waals surface area (Å²) < 4.78 is 36.9. The Morgan fingerprint density at radius 2 is 2.04 bits per heavy atom. The first-order chi connectivity index (χ1) is 10.8. The van der Waals surface area contributed by atoms with Crippen LogP contribution in [0.3, 0.4) is 0 Å². The van der Waals surface area contributed by atoms with E-state index < -0.39 is 9.84 Å². The van der Waals surface area contributed by atoms with Gasteiger partial charge in [-0.25, -0.2) is 12.8 Å². The van der Waals surface area contributed by atoms with Crippen LogP contribution in [0.2, 0.25) is 0 Å². The normalized spacial score (nSPS) is 23.0. The fourth-order valence-corrected chi connectivity index (χ4v) is 5.09. The molecular weight excluding hydrogens is 317 g/mol. The lowest BCUT2D eigenvalue weighted by Gasteiger charge is -2.20. The molecule has 0 unspecified atom stereocenters. The second kappa shape index (κ2) is 5.89. The number of benzene rings is 1. The minimum absolute atomic E-state index is 0.00462. The van der Waals surface area contributed by atoms with E-state index in [-0.39, 0.29) is 28.8 Å². The Hall–Kier alpha value is -1.43. The topological polar surface area (TPSA) is 54.5 Å². The molecule has 1 atom stereocenters. The number of rotatable bonds is 5. The summed E-state index contributed by atoms with van der Waals surface area (Å²) in [5, 5.41) is 0. The van der Waals surface area contributed by atoms with E-state index in [0.717, 1.165) is 19.3 Å². The van der Waals surface area contributed by atoms with Crippen LogP contribution in [-0.4, -0.2) is 44.3 Å². The maximum absolute atomic E-state index is 13.9. The molecule has 2 fully saturated rings. The highest BCUT2D eigenvalue weighted by molar-refractivity contribution is 7.90. The predicted molar refractivity (Wildman–Crippen MR) is 86.3 cm³/mol. The van der Waals surface area contributed by atoms with Gasteiger partial charge in [0, 0.05) is 31.7 Å². The summed E-state index contributed by atoms with van der Waals surface area (Å²) in [6.07, 6.45) is 3.88. The summed E-state index contributed by atoms with van der Waals surface area (Å²) in [7, 11) is -3.07. The van der Waals surface area contributed by atoms with E-state index in [9.17, 15) is 17.6 Å². The smallest absolute Gasteiger partial charge is 0.223 e. The third-order valence-corrected chi connectivity index (χ3v) is 6.07. The van der Waals surface area contributed by atoms with E-state index >= 15 is 0 Å². The number of hydrogen-bond donors (Lipinski definition) is 0. The zero-order chi connectivity index (χ0) is 16.7. The fourth-order valence-electron chi connectivity index (χ4n) is 3.58. The summed E-state index contributed by atoms with van der Waals surface area (Å²) in [6.45, 7) is 1.14. The van der Waals surface area contributed by atoms with Gasteiger partial charge in [0.2, 0.25) is 5.91 Å². The zero-order valence-electron chi connectivity index (χ0n) is 13.3. The third kappa shape index (κ3) is 3.91. The summed E-state index contributed by atoms with van der Waals surface area (Å²) in [6, 6.07) is 6.71. The first-order valence-electron chi connectivity index (χ1n) is 7.98. The van der Waals surface area contributed by atoms with Crippen molar-refractivity contribution in [2.75, 3.05) is 25.1 Å². The Labute approximate surface area is 136 Å². The van der Waals surface area contributed by atoms with Crippen LogP contribution in [0.15, 0.2) is 24.3 Å². The molecule has 1 heterocycles. The molecule has 6 heteroatoms. The number of amides is 1. The SMILES string of the molecule is CS(=O)(=O)CC1(CC(=O)N2CC[C@H](c3ccccc3F)C2)CC1. The molecule has 4 nitrogen and oxygen atoms in total. The highest BCUT2D eigenvalue weighted by Gasteiger charge is 2.47. The summed E-state index contributed by atoms with van der Waals surface area (Å²) in [5.41, 5.74) is 0.320. The zero-order valence-corrected chi connectivity index (χ0v) is 14.1. The number of nitrogens with zero attached hydrogens (tertiary/aromatic N) is 1. The van der Waals surface area contributed by atoms with Gasteiger partial charge in [-0.1, -0.05) is 18.2 Å². The Kier molecular flexibility index (Phi) is 4.21. The number of sulfone groups is 1. The summed E-state index contributed by atoms with van der Waals surface area (Å²) in [5.74, 6) is -0.0891. The average Bonchev–Trinajstić information content (AvgIpc) is 3.01. The lowest BCUT2D eigenvalue weighted by molar-refractivity contribution is -0.131. The van der Waals surface area contributed by atoms with Crippen molar-refractivity contribution in [3.05, 3.63) is 35.6 Å². The van der Waals surface area contributed by atoms with Crippen LogP contribution >= 0.6 is 0 Å². The first-order valence-corrected chi connectivity index (χ1v) is 10.0. The molecule has 23 heavy (non-hydrogen) atoms. The van der Waals surface area contributed by atoms with Gasteiger partial charge in [0.25, 0.3) is 0 Å². The van der Waals surface area contributed by atoms with Gasteiger partial charge in [-0.15, -0.1) is 0 Å². The molecule has 0 aromatic heterocycles. The molecule has 0 bridgehead atoms. The van der Waals surface area contributed by atoms with Crippen LogP contribution in [0.5, 0.6) is 0 Å². The first kappa shape index (κ1) is 16.4. The molecule has 1 aliphatic heterocycles. The number of halogens is 1. The highest BCUT2D eigenvalue weighted by Crippen LogP contribution is 2.50. The molecule has 1 aromatic rings. The molecule has 1 amide bonds. The standard InChI is InChI=1S/C17H22FNO3S/c1-23(21,22)12-17(7-8-17)10-16(20)19-9-6-13(11-19)14-4-2-3-5-15(14)18/h2-5,13H,6-12H2,1H3/t13-/m0/s1. The van der Waals surface area contributed by atoms with E-state index in [1.54, 1.807) is 17.0 Å². The molecule has 0 spiro atoms. The molecule has 2 aliphatic rings. The second-order valence-corrected chi connectivity index (χ2v) is 9.23. The van der Waals surface area contributed by atoms with E-state index in [1.165, 1.54) is 12.3 Å². The Morgan fingerprint density at radius 1 is 1.35 bits per heavy atom. The fraction of sp³-hybridized carbons (Fsp3) is 0.588. The molecule has 3 rings (SSSR count). The third-order valence-electron chi connectivity index (χ3n) is 4.94. The van der Waals surface area contributed by atoms with Gasteiger partial charge in [-0.05, 0) is 36.3 Å². The molecule has 0 N–H and O–H groups in total. The number of carbonyl (C=O) groups excluding carboxylic acids is 1. The van der Waals surface area contributed by atoms with E-state index in [0.29, 0.717) is 25.1 Å². The summed E-state index contributed by atoms with van der Waals surface area (Å²) in [4.78, 5) is 14.2. The van der Waals surface area contributed by atoms with Gasteiger partial charge in [0.1, 0.15) is 15.7 Å². The second-order valence-electron chi connectivity index (χ2n) is 7.09. The molecule has 0 radical (unpaired) electrons. The van der Waals surface area contributed by atoms with E-state index in [2.05, 4.69) is 0 Å². The van der Waals surface area contributed by atoms with Crippen molar-refractivity contribution >= 4 is 15.7 Å². The quantitative estimate of drug-likeness (QED) is 0.827. The summed E-state index contributed by atoms with van der Waals surface area (Å²) >= 11 is 0. The molecule has 126 valence electrons. The van der Waals surface area contributed by atoms with Crippen LogP contribution in [0.1, 0.15) is 37.2 Å². The molecule has 1 saturated carbocycles. The van der Waals surface area contributed by atoms with Gasteiger partial charge < -0.3 is 4.90 Å². The van der Waals surface area contributed by atoms with Gasteiger partial charge in [-0.2, -0.15) is 0 Å². The largest absolute Gasteiger partial charge is 0.342 e. The van der Waals surface area contributed by atoms with Gasteiger partial charge in [0.05, 0.1) is 5.75 Å². The van der Waals surface area contributed by atoms with Crippen LogP contribution in [-0.2, 0) is 14.6 Å². The maximum Gasteiger partial charge on any atom is 0.223 e. The Balaban J connectivity index is 1.61. The molecule has 1 aliphatic carbocycles. The minimum Gasteiger partial charge on any atom is -0.342 e. The van der Waals surface area contributed by atoms with Crippen molar-refractivity contribution in [3.8, 4) is 0 Å². The van der Waals surface area contributed by atoms with Crippen molar-refractivity contribution in [1.82, 2.24) is 4.90 Å². The van der Waals surface area contributed by atoms with Crippen LogP contribution in [0, 0.1) is 11.2 Å². The maximum atomic E-state index is 13.9. The number of hydrogen-bond acceptors (Lipinski definition) is 3. The molecule has 1 saturated heterocycles.